The van der Waals surface area contributed by atoms with E-state index >= 15 is 0 Å². The number of nitrogens with zero attached hydrogens (tertiary/aromatic N) is 2. The molecule has 4 atom stereocenters. The molecule has 1 heterocycles. The first kappa shape index (κ1) is 29.6. The highest BCUT2D eigenvalue weighted by molar-refractivity contribution is 5.95. The molecule has 0 saturated carbocycles. The number of carbonyl (C=O) groups excluding carboxylic acids is 3. The highest BCUT2D eigenvalue weighted by Crippen LogP contribution is 2.20. The summed E-state index contributed by atoms with van der Waals surface area (Å²) in [5.74, 6) is -4.71. The molecule has 14 nitrogen and oxygen atoms in total. The number of aliphatic imine (C=N–C) groups is 1. The van der Waals surface area contributed by atoms with E-state index in [1.54, 1.807) is 0 Å². The minimum atomic E-state index is -1.68. The Morgan fingerprint density at radius 3 is 2.29 bits per heavy atom. The van der Waals surface area contributed by atoms with Gasteiger partial charge in [0.05, 0.1) is 12.5 Å². The Morgan fingerprint density at radius 1 is 1.09 bits per heavy atom. The SMILES string of the molecule is CC(C)CC(N)C(=O)N1CCCC1C(=O)NC(CCCN=C(N)N)C(=O)NC(CC(=O)O)C(=O)O. The predicted molar refractivity (Wildman–Crippen MR) is 126 cm³/mol. The second kappa shape index (κ2) is 14.1. The van der Waals surface area contributed by atoms with Crippen LogP contribution >= 0.6 is 0 Å². The van der Waals surface area contributed by atoms with Crippen LogP contribution < -0.4 is 27.8 Å². The lowest BCUT2D eigenvalue weighted by molar-refractivity contribution is -0.147. The average molecular weight is 500 g/mol. The molecule has 1 saturated heterocycles. The molecule has 1 rings (SSSR count). The summed E-state index contributed by atoms with van der Waals surface area (Å²) in [6, 6.07) is -4.47. The van der Waals surface area contributed by atoms with Gasteiger partial charge in [0.15, 0.2) is 5.96 Å². The van der Waals surface area contributed by atoms with Crippen LogP contribution in [0.3, 0.4) is 0 Å². The van der Waals surface area contributed by atoms with Crippen molar-refractivity contribution in [1.82, 2.24) is 15.5 Å². The van der Waals surface area contributed by atoms with Crippen molar-refractivity contribution >= 4 is 35.6 Å². The molecule has 0 aromatic heterocycles. The van der Waals surface area contributed by atoms with E-state index < -0.39 is 54.3 Å². The van der Waals surface area contributed by atoms with Crippen molar-refractivity contribution in [3.8, 4) is 0 Å². The molecule has 0 aromatic rings. The van der Waals surface area contributed by atoms with Crippen molar-refractivity contribution < 1.29 is 34.2 Å². The fourth-order valence-corrected chi connectivity index (χ4v) is 3.81. The summed E-state index contributed by atoms with van der Waals surface area (Å²) in [4.78, 5) is 66.2. The molecule has 198 valence electrons. The van der Waals surface area contributed by atoms with Crippen molar-refractivity contribution in [2.45, 2.75) is 76.5 Å². The van der Waals surface area contributed by atoms with E-state index in [-0.39, 0.29) is 37.2 Å². The number of guanidine groups is 1. The van der Waals surface area contributed by atoms with Crippen molar-refractivity contribution in [2.24, 2.45) is 28.1 Å². The number of nitrogens with one attached hydrogen (secondary N) is 2. The summed E-state index contributed by atoms with van der Waals surface area (Å²) >= 11 is 0. The molecule has 14 heteroatoms. The van der Waals surface area contributed by atoms with Crippen molar-refractivity contribution in [1.29, 1.82) is 0 Å². The minimum absolute atomic E-state index is 0.0429. The summed E-state index contributed by atoms with van der Waals surface area (Å²) in [5.41, 5.74) is 16.6. The van der Waals surface area contributed by atoms with Crippen molar-refractivity contribution in [2.75, 3.05) is 13.1 Å². The van der Waals surface area contributed by atoms with Crippen LogP contribution in [0, 0.1) is 5.92 Å². The Kier molecular flexibility index (Phi) is 11.9. The average Bonchev–Trinajstić information content (AvgIpc) is 3.23. The van der Waals surface area contributed by atoms with Crippen molar-refractivity contribution in [3.63, 3.8) is 0 Å². The number of amides is 3. The Bertz CT molecular complexity index is 814. The van der Waals surface area contributed by atoms with Crippen LogP contribution in [-0.4, -0.2) is 88.0 Å². The van der Waals surface area contributed by atoms with E-state index in [1.165, 1.54) is 4.90 Å². The van der Waals surface area contributed by atoms with E-state index in [0.717, 1.165) is 0 Å². The summed E-state index contributed by atoms with van der Waals surface area (Å²) in [6.45, 7) is 4.37. The van der Waals surface area contributed by atoms with Crippen LogP contribution in [0.2, 0.25) is 0 Å². The number of nitrogens with two attached hydrogens (primary N) is 3. The van der Waals surface area contributed by atoms with Gasteiger partial charge in [0.25, 0.3) is 0 Å². The zero-order valence-electron chi connectivity index (χ0n) is 20.1. The molecule has 0 bridgehead atoms. The second-order valence-corrected chi connectivity index (χ2v) is 8.93. The van der Waals surface area contributed by atoms with Gasteiger partial charge in [0.2, 0.25) is 17.7 Å². The maximum Gasteiger partial charge on any atom is 0.326 e. The Morgan fingerprint density at radius 2 is 1.74 bits per heavy atom. The Labute approximate surface area is 203 Å². The highest BCUT2D eigenvalue weighted by atomic mass is 16.4. The topological polar surface area (TPSA) is 244 Å². The van der Waals surface area contributed by atoms with E-state index in [9.17, 15) is 29.1 Å². The van der Waals surface area contributed by atoms with Gasteiger partial charge in [0, 0.05) is 13.1 Å². The molecule has 1 fully saturated rings. The van der Waals surface area contributed by atoms with E-state index in [2.05, 4.69) is 15.6 Å². The molecule has 35 heavy (non-hydrogen) atoms. The first-order valence-corrected chi connectivity index (χ1v) is 11.5. The number of aliphatic carboxylic acids is 2. The number of rotatable bonds is 14. The van der Waals surface area contributed by atoms with Crippen LogP contribution in [-0.2, 0) is 24.0 Å². The molecular weight excluding hydrogens is 462 g/mol. The molecule has 0 aliphatic carbocycles. The first-order chi connectivity index (χ1) is 16.3. The van der Waals surface area contributed by atoms with Crippen LogP contribution in [0.4, 0.5) is 0 Å². The fourth-order valence-electron chi connectivity index (χ4n) is 3.81. The van der Waals surface area contributed by atoms with Gasteiger partial charge in [-0.3, -0.25) is 24.2 Å². The fraction of sp³-hybridized carbons (Fsp3) is 0.714. The number of carboxylic acids is 2. The number of carboxylic acid groups (broad SMARTS) is 2. The number of hydrogen-bond donors (Lipinski definition) is 7. The Balaban J connectivity index is 2.97. The molecule has 10 N–H and O–H groups in total. The van der Waals surface area contributed by atoms with Gasteiger partial charge >= 0.3 is 11.9 Å². The Hall–Kier alpha value is -3.42. The zero-order chi connectivity index (χ0) is 26.7. The molecule has 0 spiro atoms. The van der Waals surface area contributed by atoms with Crippen LogP contribution in [0.15, 0.2) is 4.99 Å². The minimum Gasteiger partial charge on any atom is -0.481 e. The number of hydrogen-bond acceptors (Lipinski definition) is 7. The maximum absolute atomic E-state index is 13.1. The molecule has 4 unspecified atom stereocenters. The molecule has 0 aromatic carbocycles. The van der Waals surface area contributed by atoms with Gasteiger partial charge in [-0.25, -0.2) is 4.79 Å². The summed E-state index contributed by atoms with van der Waals surface area (Å²) in [5, 5.41) is 22.9. The van der Waals surface area contributed by atoms with Gasteiger partial charge in [-0.15, -0.1) is 0 Å². The van der Waals surface area contributed by atoms with Crippen LogP contribution in [0.1, 0.15) is 52.4 Å². The first-order valence-electron chi connectivity index (χ1n) is 11.5. The lowest BCUT2D eigenvalue weighted by Crippen LogP contribution is -2.56. The quantitative estimate of drug-likeness (QED) is 0.0781. The molecule has 1 aliphatic rings. The largest absolute Gasteiger partial charge is 0.481 e. The van der Waals surface area contributed by atoms with E-state index in [1.807, 2.05) is 13.8 Å². The van der Waals surface area contributed by atoms with Gasteiger partial charge in [-0.2, -0.15) is 0 Å². The normalized spacial score (nSPS) is 17.8. The molecule has 3 amide bonds. The third-order valence-electron chi connectivity index (χ3n) is 5.45. The van der Waals surface area contributed by atoms with Crippen LogP contribution in [0.5, 0.6) is 0 Å². The number of likely N-dealkylation sites (tertiary alicyclic amines) is 1. The molecule has 1 aliphatic heterocycles. The third-order valence-corrected chi connectivity index (χ3v) is 5.45. The second-order valence-electron chi connectivity index (χ2n) is 8.93. The summed E-state index contributed by atoms with van der Waals surface area (Å²) < 4.78 is 0. The predicted octanol–water partition coefficient (Wildman–Crippen LogP) is -2.07. The zero-order valence-corrected chi connectivity index (χ0v) is 20.1. The van der Waals surface area contributed by atoms with Gasteiger partial charge in [0.1, 0.15) is 18.1 Å². The summed E-state index contributed by atoms with van der Waals surface area (Å²) in [7, 11) is 0. The van der Waals surface area contributed by atoms with Crippen molar-refractivity contribution in [3.05, 3.63) is 0 Å². The molecule has 0 radical (unpaired) electrons. The number of carbonyl (C=O) groups is 5. The lowest BCUT2D eigenvalue weighted by atomic mass is 10.0. The third kappa shape index (κ3) is 10.2. The van der Waals surface area contributed by atoms with Gasteiger partial charge in [-0.05, 0) is 38.0 Å². The lowest BCUT2D eigenvalue weighted by Gasteiger charge is -2.29. The highest BCUT2D eigenvalue weighted by Gasteiger charge is 2.38. The monoisotopic (exact) mass is 499 g/mol. The smallest absolute Gasteiger partial charge is 0.326 e. The standard InChI is InChI=1S/C21H37N7O7/c1-11(2)9-12(22)19(33)28-8-4-6-15(28)18(32)26-13(5-3-7-25-21(23)24)17(31)27-14(20(34)35)10-16(29)30/h11-15H,3-10,22H2,1-2H3,(H,26,32)(H,27,31)(H,29,30)(H,34,35)(H4,23,24,25). The van der Waals surface area contributed by atoms with Crippen LogP contribution in [0.25, 0.3) is 0 Å². The van der Waals surface area contributed by atoms with Gasteiger partial charge < -0.3 is 42.9 Å². The van der Waals surface area contributed by atoms with E-state index in [4.69, 9.17) is 22.3 Å². The summed E-state index contributed by atoms with van der Waals surface area (Å²) in [6.07, 6.45) is 0.888. The van der Waals surface area contributed by atoms with E-state index in [0.29, 0.717) is 25.8 Å². The maximum atomic E-state index is 13.1. The molecular formula is C21H37N7O7. The van der Waals surface area contributed by atoms with Gasteiger partial charge in [-0.1, -0.05) is 13.8 Å².